The van der Waals surface area contributed by atoms with Crippen molar-refractivity contribution < 1.29 is 9.90 Å². The van der Waals surface area contributed by atoms with Crippen LogP contribution in [0.15, 0.2) is 0 Å². The van der Waals surface area contributed by atoms with Crippen LogP contribution >= 0.6 is 0 Å². The Hall–Kier alpha value is -1.12. The van der Waals surface area contributed by atoms with Crippen LogP contribution in [0.25, 0.3) is 0 Å². The zero-order valence-corrected chi connectivity index (χ0v) is 11.4. The van der Waals surface area contributed by atoms with Gasteiger partial charge in [-0.05, 0) is 19.9 Å². The molecule has 1 N–H and O–H groups in total. The molecule has 0 aromatic heterocycles. The molecule has 1 aliphatic carbocycles. The Balaban J connectivity index is 2.63. The van der Waals surface area contributed by atoms with Gasteiger partial charge in [0.1, 0.15) is 5.54 Å². The largest absolute Gasteiger partial charge is 0.395 e. The summed E-state index contributed by atoms with van der Waals surface area (Å²) in [5, 5.41) is 18.2. The van der Waals surface area contributed by atoms with E-state index in [1.807, 2.05) is 0 Å². The highest BCUT2D eigenvalue weighted by Gasteiger charge is 2.38. The second-order valence-corrected chi connectivity index (χ2v) is 5.12. The molecule has 1 saturated carbocycles. The molecule has 0 radical (unpaired) electrons. The fourth-order valence-corrected chi connectivity index (χ4v) is 2.48. The first-order valence-corrected chi connectivity index (χ1v) is 6.53. The third-order valence-electron chi connectivity index (χ3n) is 3.79. The molecule has 0 saturated heterocycles. The Morgan fingerprint density at radius 3 is 2.44 bits per heavy atom. The highest BCUT2D eigenvalue weighted by molar-refractivity contribution is 5.79. The second-order valence-electron chi connectivity index (χ2n) is 5.12. The van der Waals surface area contributed by atoms with Crippen LogP contribution in [0, 0.1) is 11.3 Å². The number of hydrogen-bond acceptors (Lipinski definition) is 4. The standard InChI is InChI=1S/C13H23N3O2/c1-15(8-9-17)10-12(18)16(2)13(11-14)6-4-3-5-7-13/h17H,3-10H2,1-2H3. The molecule has 0 unspecified atom stereocenters. The summed E-state index contributed by atoms with van der Waals surface area (Å²) in [6, 6.07) is 2.34. The van der Waals surface area contributed by atoms with E-state index in [-0.39, 0.29) is 19.1 Å². The molecule has 18 heavy (non-hydrogen) atoms. The number of likely N-dealkylation sites (N-methyl/N-ethyl adjacent to an activating group) is 2. The number of nitriles is 1. The Morgan fingerprint density at radius 2 is 1.94 bits per heavy atom. The maximum atomic E-state index is 12.1. The SMILES string of the molecule is CN(CCO)CC(=O)N(C)C1(C#N)CCCCC1. The predicted molar refractivity (Wildman–Crippen MR) is 68.8 cm³/mol. The number of hydrogen-bond donors (Lipinski definition) is 1. The predicted octanol–water partition coefficient (Wildman–Crippen LogP) is 0.595. The Bertz CT molecular complexity index is 319. The molecule has 0 aromatic carbocycles. The fraction of sp³-hybridized carbons (Fsp3) is 0.846. The minimum Gasteiger partial charge on any atom is -0.395 e. The van der Waals surface area contributed by atoms with E-state index >= 15 is 0 Å². The topological polar surface area (TPSA) is 67.6 Å². The third-order valence-corrected chi connectivity index (χ3v) is 3.79. The molecule has 1 rings (SSSR count). The molecule has 0 aliphatic heterocycles. The number of rotatable bonds is 5. The molecular formula is C13H23N3O2. The van der Waals surface area contributed by atoms with E-state index in [0.717, 1.165) is 32.1 Å². The van der Waals surface area contributed by atoms with Crippen LogP contribution in [0.4, 0.5) is 0 Å². The molecule has 1 fully saturated rings. The van der Waals surface area contributed by atoms with Crippen molar-refractivity contribution >= 4 is 5.91 Å². The van der Waals surface area contributed by atoms with E-state index < -0.39 is 5.54 Å². The summed E-state index contributed by atoms with van der Waals surface area (Å²) in [5.74, 6) is -0.0469. The van der Waals surface area contributed by atoms with Crippen LogP contribution in [-0.4, -0.2) is 60.1 Å². The number of carbonyl (C=O) groups is 1. The van der Waals surface area contributed by atoms with Crippen molar-refractivity contribution in [1.29, 1.82) is 5.26 Å². The summed E-state index contributed by atoms with van der Waals surface area (Å²) in [6.45, 7) is 0.760. The van der Waals surface area contributed by atoms with Crippen molar-refractivity contribution in [2.75, 3.05) is 33.8 Å². The summed E-state index contributed by atoms with van der Waals surface area (Å²) < 4.78 is 0. The lowest BCUT2D eigenvalue weighted by atomic mass is 9.81. The van der Waals surface area contributed by atoms with Gasteiger partial charge in [-0.15, -0.1) is 0 Å². The lowest BCUT2D eigenvalue weighted by Gasteiger charge is -2.39. The number of aliphatic hydroxyl groups is 1. The smallest absolute Gasteiger partial charge is 0.237 e. The van der Waals surface area contributed by atoms with E-state index in [0.29, 0.717) is 6.54 Å². The van der Waals surface area contributed by atoms with Crippen molar-refractivity contribution in [3.63, 3.8) is 0 Å². The van der Waals surface area contributed by atoms with Crippen molar-refractivity contribution in [2.45, 2.75) is 37.6 Å². The average Bonchev–Trinajstić information content (AvgIpc) is 2.38. The Labute approximate surface area is 109 Å². The van der Waals surface area contributed by atoms with Crippen LogP contribution < -0.4 is 0 Å². The first-order chi connectivity index (χ1) is 8.55. The van der Waals surface area contributed by atoms with Gasteiger partial charge in [-0.25, -0.2) is 0 Å². The average molecular weight is 253 g/mol. The lowest BCUT2D eigenvalue weighted by molar-refractivity contribution is -0.135. The molecule has 0 atom stereocenters. The number of nitrogens with zero attached hydrogens (tertiary/aromatic N) is 3. The fourth-order valence-electron chi connectivity index (χ4n) is 2.48. The van der Waals surface area contributed by atoms with Crippen LogP contribution in [0.1, 0.15) is 32.1 Å². The summed E-state index contributed by atoms with van der Waals surface area (Å²) in [7, 11) is 3.52. The molecular weight excluding hydrogens is 230 g/mol. The van der Waals surface area contributed by atoms with Crippen LogP contribution in [-0.2, 0) is 4.79 Å². The first-order valence-electron chi connectivity index (χ1n) is 6.53. The van der Waals surface area contributed by atoms with Gasteiger partial charge in [-0.2, -0.15) is 5.26 Å². The zero-order valence-electron chi connectivity index (χ0n) is 11.4. The molecule has 5 nitrogen and oxygen atoms in total. The van der Waals surface area contributed by atoms with E-state index in [9.17, 15) is 10.1 Å². The summed E-state index contributed by atoms with van der Waals surface area (Å²) in [5.41, 5.74) is -0.616. The van der Waals surface area contributed by atoms with Gasteiger partial charge < -0.3 is 10.0 Å². The van der Waals surface area contributed by atoms with Gasteiger partial charge in [0.2, 0.25) is 5.91 Å². The first kappa shape index (κ1) is 14.9. The van der Waals surface area contributed by atoms with Gasteiger partial charge in [0.05, 0.1) is 19.2 Å². The number of carbonyl (C=O) groups excluding carboxylic acids is 1. The Kier molecular flexibility index (Phi) is 5.57. The van der Waals surface area contributed by atoms with E-state index in [4.69, 9.17) is 5.11 Å². The molecule has 0 aromatic rings. The number of aliphatic hydroxyl groups excluding tert-OH is 1. The molecule has 0 spiro atoms. The molecule has 1 amide bonds. The highest BCUT2D eigenvalue weighted by atomic mass is 16.3. The van der Waals surface area contributed by atoms with Crippen LogP contribution in [0.3, 0.4) is 0 Å². The van der Waals surface area contributed by atoms with E-state index in [1.54, 1.807) is 23.9 Å². The van der Waals surface area contributed by atoms with Gasteiger partial charge in [0.15, 0.2) is 0 Å². The van der Waals surface area contributed by atoms with Gasteiger partial charge in [-0.3, -0.25) is 9.69 Å². The minimum atomic E-state index is -0.616. The van der Waals surface area contributed by atoms with Crippen LogP contribution in [0.2, 0.25) is 0 Å². The molecule has 5 heteroatoms. The van der Waals surface area contributed by atoms with Crippen molar-refractivity contribution in [3.05, 3.63) is 0 Å². The quantitative estimate of drug-likeness (QED) is 0.779. The van der Waals surface area contributed by atoms with E-state index in [2.05, 4.69) is 6.07 Å². The summed E-state index contributed by atoms with van der Waals surface area (Å²) in [4.78, 5) is 15.5. The zero-order chi connectivity index (χ0) is 13.6. The van der Waals surface area contributed by atoms with Gasteiger partial charge >= 0.3 is 0 Å². The molecule has 0 bridgehead atoms. The van der Waals surface area contributed by atoms with Crippen molar-refractivity contribution in [2.24, 2.45) is 0 Å². The maximum absolute atomic E-state index is 12.1. The molecule has 1 aliphatic rings. The van der Waals surface area contributed by atoms with Crippen molar-refractivity contribution in [3.8, 4) is 6.07 Å². The summed E-state index contributed by atoms with van der Waals surface area (Å²) >= 11 is 0. The second kappa shape index (κ2) is 6.72. The molecule has 102 valence electrons. The van der Waals surface area contributed by atoms with Gasteiger partial charge in [-0.1, -0.05) is 19.3 Å². The third kappa shape index (κ3) is 3.44. The molecule has 0 heterocycles. The summed E-state index contributed by atoms with van der Waals surface area (Å²) in [6.07, 6.45) is 4.72. The van der Waals surface area contributed by atoms with Crippen LogP contribution in [0.5, 0.6) is 0 Å². The van der Waals surface area contributed by atoms with Gasteiger partial charge in [0, 0.05) is 13.6 Å². The van der Waals surface area contributed by atoms with Crippen molar-refractivity contribution in [1.82, 2.24) is 9.80 Å². The monoisotopic (exact) mass is 253 g/mol. The Morgan fingerprint density at radius 1 is 1.33 bits per heavy atom. The number of amides is 1. The van der Waals surface area contributed by atoms with E-state index in [1.165, 1.54) is 0 Å². The highest BCUT2D eigenvalue weighted by Crippen LogP contribution is 2.32. The minimum absolute atomic E-state index is 0.0386. The lowest BCUT2D eigenvalue weighted by Crippen LogP contribution is -2.52. The van der Waals surface area contributed by atoms with Gasteiger partial charge in [0.25, 0.3) is 0 Å². The maximum Gasteiger partial charge on any atom is 0.237 e. The normalized spacial score (nSPS) is 18.4.